The third-order valence-electron chi connectivity index (χ3n) is 3.80. The third-order valence-corrected chi connectivity index (χ3v) is 3.80. The molecule has 1 aliphatic rings. The maximum absolute atomic E-state index is 12.2. The Hall–Kier alpha value is -2.82. The first-order valence-corrected chi connectivity index (χ1v) is 7.67. The highest BCUT2D eigenvalue weighted by molar-refractivity contribution is 6.04. The number of carbonyl (C=O) groups is 2. The lowest BCUT2D eigenvalue weighted by Gasteiger charge is -2.27. The predicted octanol–water partition coefficient (Wildman–Crippen LogP) is 3.17. The van der Waals surface area contributed by atoms with Crippen LogP contribution in [-0.4, -0.2) is 25.0 Å². The van der Waals surface area contributed by atoms with E-state index in [0.717, 1.165) is 24.2 Å². The zero-order chi connectivity index (χ0) is 16.2. The molecule has 3 rings (SSSR count). The van der Waals surface area contributed by atoms with Gasteiger partial charge >= 0.3 is 6.03 Å². The monoisotopic (exact) mass is 309 g/mol. The summed E-state index contributed by atoms with van der Waals surface area (Å²) in [7, 11) is 0. The largest absolute Gasteiger partial charge is 0.338 e. The summed E-state index contributed by atoms with van der Waals surface area (Å²) in [5, 5.41) is 5.69. The van der Waals surface area contributed by atoms with Crippen LogP contribution in [0, 0.1) is 6.92 Å². The number of amides is 3. The fourth-order valence-corrected chi connectivity index (χ4v) is 2.59. The molecule has 118 valence electrons. The predicted molar refractivity (Wildman–Crippen MR) is 90.9 cm³/mol. The molecule has 0 radical (unpaired) electrons. The molecule has 0 spiro atoms. The second-order valence-electron chi connectivity index (χ2n) is 5.61. The lowest BCUT2D eigenvalue weighted by atomic mass is 10.1. The normalized spacial score (nSPS) is 14.3. The number of nitrogens with one attached hydrogen (secondary N) is 2. The van der Waals surface area contributed by atoms with E-state index in [9.17, 15) is 9.59 Å². The minimum atomic E-state index is -0.142. The van der Waals surface area contributed by atoms with Crippen molar-refractivity contribution in [1.82, 2.24) is 5.32 Å². The van der Waals surface area contributed by atoms with E-state index in [0.29, 0.717) is 17.8 Å². The summed E-state index contributed by atoms with van der Waals surface area (Å²) in [6.07, 6.45) is 0.928. The molecule has 0 aliphatic carbocycles. The Bertz CT molecular complexity index is 725. The molecule has 2 aromatic carbocycles. The Kier molecular flexibility index (Phi) is 4.28. The van der Waals surface area contributed by atoms with Gasteiger partial charge in [0, 0.05) is 30.0 Å². The summed E-state index contributed by atoms with van der Waals surface area (Å²) in [6, 6.07) is 14.7. The zero-order valence-electron chi connectivity index (χ0n) is 13.0. The van der Waals surface area contributed by atoms with Crippen LogP contribution in [0.15, 0.2) is 48.5 Å². The third kappa shape index (κ3) is 3.51. The van der Waals surface area contributed by atoms with Gasteiger partial charge in [-0.3, -0.25) is 9.69 Å². The molecule has 1 saturated heterocycles. The van der Waals surface area contributed by atoms with Crippen molar-refractivity contribution in [2.45, 2.75) is 13.3 Å². The van der Waals surface area contributed by atoms with Gasteiger partial charge in [-0.25, -0.2) is 4.79 Å². The van der Waals surface area contributed by atoms with E-state index in [1.54, 1.807) is 11.0 Å². The summed E-state index contributed by atoms with van der Waals surface area (Å²) in [5.41, 5.74) is 3.21. The van der Waals surface area contributed by atoms with Crippen LogP contribution in [0.4, 0.5) is 16.2 Å². The molecular weight excluding hydrogens is 290 g/mol. The summed E-state index contributed by atoms with van der Waals surface area (Å²) >= 11 is 0. The van der Waals surface area contributed by atoms with Gasteiger partial charge in [0.25, 0.3) is 5.91 Å². The molecule has 0 saturated carbocycles. The number of aryl methyl sites for hydroxylation is 1. The molecule has 0 aromatic heterocycles. The van der Waals surface area contributed by atoms with Crippen LogP contribution in [0.2, 0.25) is 0 Å². The summed E-state index contributed by atoms with van der Waals surface area (Å²) in [4.78, 5) is 25.7. The minimum absolute atomic E-state index is 0.0761. The van der Waals surface area contributed by atoms with Crippen LogP contribution in [0.5, 0.6) is 0 Å². The topological polar surface area (TPSA) is 61.4 Å². The van der Waals surface area contributed by atoms with Gasteiger partial charge in [0.1, 0.15) is 0 Å². The van der Waals surface area contributed by atoms with Gasteiger partial charge in [0.15, 0.2) is 0 Å². The number of anilines is 2. The number of benzene rings is 2. The number of carbonyl (C=O) groups excluding carboxylic acids is 2. The van der Waals surface area contributed by atoms with E-state index >= 15 is 0 Å². The Morgan fingerprint density at radius 3 is 2.65 bits per heavy atom. The van der Waals surface area contributed by atoms with E-state index in [-0.39, 0.29) is 11.9 Å². The number of hydrogen-bond acceptors (Lipinski definition) is 2. The smallest absolute Gasteiger partial charge is 0.321 e. The highest BCUT2D eigenvalue weighted by atomic mass is 16.2. The number of hydrogen-bond donors (Lipinski definition) is 2. The van der Waals surface area contributed by atoms with Crippen molar-refractivity contribution in [2.24, 2.45) is 0 Å². The highest BCUT2D eigenvalue weighted by Crippen LogP contribution is 2.20. The average Bonchev–Trinajstić information content (AvgIpc) is 2.56. The van der Waals surface area contributed by atoms with Gasteiger partial charge < -0.3 is 10.6 Å². The van der Waals surface area contributed by atoms with Crippen molar-refractivity contribution < 1.29 is 9.59 Å². The van der Waals surface area contributed by atoms with Gasteiger partial charge in [-0.05, 0) is 49.7 Å². The van der Waals surface area contributed by atoms with Crippen LogP contribution in [0.25, 0.3) is 0 Å². The highest BCUT2D eigenvalue weighted by Gasteiger charge is 2.18. The standard InChI is InChI=1S/C18H19N3O2/c1-13-4-2-5-14(12-13)17(22)20-15-6-8-16(9-7-15)21-11-3-10-19-18(21)23/h2,4-9,12H,3,10-11H2,1H3,(H,19,23)(H,20,22). The quantitative estimate of drug-likeness (QED) is 0.915. The van der Waals surface area contributed by atoms with E-state index < -0.39 is 0 Å². The molecular formula is C18H19N3O2. The average molecular weight is 309 g/mol. The SMILES string of the molecule is Cc1cccc(C(=O)Nc2ccc(N3CCCNC3=O)cc2)c1. The maximum atomic E-state index is 12.2. The van der Waals surface area contributed by atoms with Crippen LogP contribution < -0.4 is 15.5 Å². The number of urea groups is 1. The number of nitrogens with zero attached hydrogens (tertiary/aromatic N) is 1. The molecule has 0 bridgehead atoms. The summed E-state index contributed by atoms with van der Waals surface area (Å²) < 4.78 is 0. The molecule has 1 heterocycles. The molecule has 0 atom stereocenters. The molecule has 1 aliphatic heterocycles. The van der Waals surface area contributed by atoms with Crippen molar-refractivity contribution in [3.05, 3.63) is 59.7 Å². The van der Waals surface area contributed by atoms with Gasteiger partial charge in [0.05, 0.1) is 0 Å². The van der Waals surface area contributed by atoms with Crippen molar-refractivity contribution >= 4 is 23.3 Å². The van der Waals surface area contributed by atoms with E-state index in [1.807, 2.05) is 49.4 Å². The second kappa shape index (κ2) is 6.52. The zero-order valence-corrected chi connectivity index (χ0v) is 13.0. The molecule has 5 nitrogen and oxygen atoms in total. The molecule has 1 fully saturated rings. The lowest BCUT2D eigenvalue weighted by molar-refractivity contribution is 0.102. The Morgan fingerprint density at radius 1 is 1.17 bits per heavy atom. The van der Waals surface area contributed by atoms with E-state index in [1.165, 1.54) is 0 Å². The minimum Gasteiger partial charge on any atom is -0.338 e. The van der Waals surface area contributed by atoms with Crippen LogP contribution >= 0.6 is 0 Å². The molecule has 5 heteroatoms. The fourth-order valence-electron chi connectivity index (χ4n) is 2.59. The molecule has 0 unspecified atom stereocenters. The maximum Gasteiger partial charge on any atom is 0.321 e. The Balaban J connectivity index is 1.70. The van der Waals surface area contributed by atoms with Crippen molar-refractivity contribution in [3.8, 4) is 0 Å². The first-order valence-electron chi connectivity index (χ1n) is 7.67. The lowest BCUT2D eigenvalue weighted by Crippen LogP contribution is -2.46. The summed E-state index contributed by atoms with van der Waals surface area (Å²) in [6.45, 7) is 3.38. The Morgan fingerprint density at radius 2 is 1.96 bits per heavy atom. The van der Waals surface area contributed by atoms with Crippen molar-refractivity contribution in [1.29, 1.82) is 0 Å². The van der Waals surface area contributed by atoms with Gasteiger partial charge in [0.2, 0.25) is 0 Å². The van der Waals surface area contributed by atoms with Crippen LogP contribution in [0.1, 0.15) is 22.3 Å². The van der Waals surface area contributed by atoms with Crippen LogP contribution in [0.3, 0.4) is 0 Å². The van der Waals surface area contributed by atoms with Gasteiger partial charge in [-0.2, -0.15) is 0 Å². The summed E-state index contributed by atoms with van der Waals surface area (Å²) in [5.74, 6) is -0.142. The van der Waals surface area contributed by atoms with Gasteiger partial charge in [-0.15, -0.1) is 0 Å². The molecule has 23 heavy (non-hydrogen) atoms. The molecule has 3 amide bonds. The van der Waals surface area contributed by atoms with Crippen molar-refractivity contribution in [2.75, 3.05) is 23.3 Å². The Labute approximate surface area is 135 Å². The molecule has 2 N–H and O–H groups in total. The van der Waals surface area contributed by atoms with Crippen molar-refractivity contribution in [3.63, 3.8) is 0 Å². The first-order chi connectivity index (χ1) is 11.1. The molecule has 2 aromatic rings. The number of rotatable bonds is 3. The first kappa shape index (κ1) is 15.1. The van der Waals surface area contributed by atoms with E-state index in [2.05, 4.69) is 10.6 Å². The fraction of sp³-hybridized carbons (Fsp3) is 0.222. The van der Waals surface area contributed by atoms with Crippen LogP contribution in [-0.2, 0) is 0 Å². The second-order valence-corrected chi connectivity index (χ2v) is 5.61. The van der Waals surface area contributed by atoms with E-state index in [4.69, 9.17) is 0 Å². The van der Waals surface area contributed by atoms with Gasteiger partial charge in [-0.1, -0.05) is 17.7 Å².